The Morgan fingerprint density at radius 2 is 1.42 bits per heavy atom. The zero-order valence-electron chi connectivity index (χ0n) is 16.5. The van der Waals surface area contributed by atoms with Crippen LogP contribution in [0.1, 0.15) is 27.4 Å². The summed E-state index contributed by atoms with van der Waals surface area (Å²) in [5.74, 6) is -2.18. The van der Waals surface area contributed by atoms with Gasteiger partial charge in [0.25, 0.3) is 5.91 Å². The number of carboxylic acids is 1. The smallest absolute Gasteiger partial charge is 0.414 e. The highest BCUT2D eigenvalue weighted by atomic mass is 16.6. The zero-order valence-corrected chi connectivity index (χ0v) is 16.5. The van der Waals surface area contributed by atoms with E-state index < -0.39 is 24.5 Å². The van der Waals surface area contributed by atoms with Crippen molar-refractivity contribution in [1.29, 1.82) is 0 Å². The molecule has 0 saturated carbocycles. The van der Waals surface area contributed by atoms with Crippen molar-refractivity contribution in [1.82, 2.24) is 0 Å². The summed E-state index contributed by atoms with van der Waals surface area (Å²) in [6.45, 7) is -0.636. The van der Waals surface area contributed by atoms with Crippen molar-refractivity contribution in [3.8, 4) is 11.1 Å². The average molecular weight is 416 g/mol. The maximum atomic E-state index is 12.9. The Hall–Kier alpha value is -4.13. The van der Waals surface area contributed by atoms with E-state index in [1.54, 1.807) is 12.1 Å². The van der Waals surface area contributed by atoms with Gasteiger partial charge in [0.1, 0.15) is 13.2 Å². The van der Waals surface area contributed by atoms with E-state index >= 15 is 0 Å². The van der Waals surface area contributed by atoms with Crippen LogP contribution in [0, 0.1) is 0 Å². The van der Waals surface area contributed by atoms with Crippen LogP contribution in [0.4, 0.5) is 10.5 Å². The molecule has 3 N–H and O–H groups in total. The Balaban J connectivity index is 1.61. The van der Waals surface area contributed by atoms with Crippen molar-refractivity contribution < 1.29 is 24.2 Å². The molecule has 0 fully saturated rings. The molecule has 0 saturated heterocycles. The number of ether oxygens (including phenoxy) is 1. The lowest BCUT2D eigenvalue weighted by Crippen LogP contribution is -2.38. The van der Waals surface area contributed by atoms with Crippen molar-refractivity contribution in [3.63, 3.8) is 0 Å². The molecule has 7 nitrogen and oxygen atoms in total. The molecule has 0 aromatic heterocycles. The van der Waals surface area contributed by atoms with Gasteiger partial charge in [-0.15, -0.1) is 0 Å². The van der Waals surface area contributed by atoms with Crippen LogP contribution in [0.5, 0.6) is 0 Å². The summed E-state index contributed by atoms with van der Waals surface area (Å²) in [6, 6.07) is 21.9. The minimum absolute atomic E-state index is 0.0295. The molecule has 1 aliphatic carbocycles. The Morgan fingerprint density at radius 3 is 2.00 bits per heavy atom. The van der Waals surface area contributed by atoms with Gasteiger partial charge in [0.05, 0.1) is 11.3 Å². The minimum Gasteiger partial charge on any atom is -0.480 e. The molecule has 0 bridgehead atoms. The van der Waals surface area contributed by atoms with Gasteiger partial charge in [-0.05, 0) is 34.4 Å². The average Bonchev–Trinajstić information content (AvgIpc) is 3.09. The topological polar surface area (TPSA) is 110 Å². The SMILES string of the molecule is NC(=O)c1ccccc1N(CC(=O)O)C(=O)OCC1c2ccccc2-c2ccccc21. The number of nitrogens with zero attached hydrogens (tertiary/aromatic N) is 1. The normalized spacial score (nSPS) is 12.0. The Morgan fingerprint density at radius 1 is 0.871 bits per heavy atom. The third-order valence-corrected chi connectivity index (χ3v) is 5.31. The summed E-state index contributed by atoms with van der Waals surface area (Å²) in [7, 11) is 0. The Kier molecular flexibility index (Phi) is 5.41. The molecule has 3 aromatic rings. The lowest BCUT2D eigenvalue weighted by atomic mass is 9.98. The van der Waals surface area contributed by atoms with Crippen LogP contribution in [-0.4, -0.2) is 36.2 Å². The minimum atomic E-state index is -1.24. The highest BCUT2D eigenvalue weighted by Gasteiger charge is 2.31. The molecule has 0 unspecified atom stereocenters. The molecule has 31 heavy (non-hydrogen) atoms. The summed E-state index contributed by atoms with van der Waals surface area (Å²) >= 11 is 0. The largest absolute Gasteiger partial charge is 0.480 e. The third kappa shape index (κ3) is 3.85. The van der Waals surface area contributed by atoms with Crippen molar-refractivity contribution in [2.24, 2.45) is 5.73 Å². The van der Waals surface area contributed by atoms with Gasteiger partial charge in [0.2, 0.25) is 0 Å². The summed E-state index contributed by atoms with van der Waals surface area (Å²) < 4.78 is 5.56. The van der Waals surface area contributed by atoms with Crippen molar-refractivity contribution in [3.05, 3.63) is 89.5 Å². The predicted molar refractivity (Wildman–Crippen MR) is 115 cm³/mol. The first-order chi connectivity index (χ1) is 15.0. The number of aliphatic carboxylic acids is 1. The van der Waals surface area contributed by atoms with Gasteiger partial charge in [-0.1, -0.05) is 60.7 Å². The summed E-state index contributed by atoms with van der Waals surface area (Å²) in [5, 5.41) is 9.30. The number of primary amides is 1. The number of carbonyl (C=O) groups is 3. The molecular formula is C24H20N2O5. The summed E-state index contributed by atoms with van der Waals surface area (Å²) in [6.07, 6.45) is -0.863. The van der Waals surface area contributed by atoms with E-state index in [-0.39, 0.29) is 23.8 Å². The van der Waals surface area contributed by atoms with Crippen LogP contribution in [0.25, 0.3) is 11.1 Å². The maximum absolute atomic E-state index is 12.9. The molecule has 0 atom stereocenters. The molecule has 0 spiro atoms. The van der Waals surface area contributed by atoms with Crippen LogP contribution in [0.15, 0.2) is 72.8 Å². The number of anilines is 1. The monoisotopic (exact) mass is 416 g/mol. The fourth-order valence-electron chi connectivity index (χ4n) is 3.97. The van der Waals surface area contributed by atoms with Gasteiger partial charge >= 0.3 is 12.1 Å². The highest BCUT2D eigenvalue weighted by Crippen LogP contribution is 2.44. The fraction of sp³-hybridized carbons (Fsp3) is 0.125. The van der Waals surface area contributed by atoms with Gasteiger partial charge in [-0.3, -0.25) is 14.5 Å². The fourth-order valence-corrected chi connectivity index (χ4v) is 3.97. The molecule has 0 heterocycles. The van der Waals surface area contributed by atoms with E-state index in [2.05, 4.69) is 0 Å². The number of benzene rings is 3. The van der Waals surface area contributed by atoms with Gasteiger partial charge in [-0.25, -0.2) is 4.79 Å². The van der Waals surface area contributed by atoms with Crippen molar-refractivity contribution in [2.45, 2.75) is 5.92 Å². The molecule has 7 heteroatoms. The second-order valence-corrected chi connectivity index (χ2v) is 7.17. The van der Waals surface area contributed by atoms with E-state index in [0.717, 1.165) is 27.2 Å². The van der Waals surface area contributed by atoms with Crippen molar-refractivity contribution in [2.75, 3.05) is 18.1 Å². The lowest BCUT2D eigenvalue weighted by molar-refractivity contribution is -0.135. The summed E-state index contributed by atoms with van der Waals surface area (Å²) in [4.78, 5) is 37.0. The van der Waals surface area contributed by atoms with E-state index in [1.807, 2.05) is 48.5 Å². The number of para-hydroxylation sites is 1. The van der Waals surface area contributed by atoms with Crippen LogP contribution in [-0.2, 0) is 9.53 Å². The standard InChI is InChI=1S/C24H20N2O5/c25-23(29)19-11-5-6-12-21(19)26(13-22(27)28)24(30)31-14-20-17-9-3-1-7-15(17)16-8-2-4-10-18(16)20/h1-12,20H,13-14H2,(H2,25,29)(H,27,28). The number of hydrogen-bond acceptors (Lipinski definition) is 4. The maximum Gasteiger partial charge on any atom is 0.414 e. The predicted octanol–water partition coefficient (Wildman–Crippen LogP) is 3.63. The molecule has 0 aliphatic heterocycles. The first-order valence-electron chi connectivity index (χ1n) is 9.70. The van der Waals surface area contributed by atoms with Gasteiger partial charge in [-0.2, -0.15) is 0 Å². The number of amides is 2. The summed E-state index contributed by atoms with van der Waals surface area (Å²) in [5.41, 5.74) is 9.78. The lowest BCUT2D eigenvalue weighted by Gasteiger charge is -2.23. The molecule has 156 valence electrons. The second-order valence-electron chi connectivity index (χ2n) is 7.17. The quantitative estimate of drug-likeness (QED) is 0.638. The number of carbonyl (C=O) groups excluding carboxylic acids is 2. The first-order valence-corrected chi connectivity index (χ1v) is 9.70. The van der Waals surface area contributed by atoms with Crippen molar-refractivity contribution >= 4 is 23.7 Å². The van der Waals surface area contributed by atoms with Crippen LogP contribution in [0.3, 0.4) is 0 Å². The second kappa shape index (κ2) is 8.31. The number of hydrogen-bond donors (Lipinski definition) is 2. The van der Waals surface area contributed by atoms with Crippen LogP contribution in [0.2, 0.25) is 0 Å². The van der Waals surface area contributed by atoms with Crippen LogP contribution >= 0.6 is 0 Å². The number of nitrogens with two attached hydrogens (primary N) is 1. The van der Waals surface area contributed by atoms with E-state index in [4.69, 9.17) is 10.5 Å². The Bertz CT molecular complexity index is 1130. The van der Waals surface area contributed by atoms with Gasteiger partial charge in [0.15, 0.2) is 0 Å². The zero-order chi connectivity index (χ0) is 22.0. The molecule has 4 rings (SSSR count). The van der Waals surface area contributed by atoms with E-state index in [9.17, 15) is 19.5 Å². The van der Waals surface area contributed by atoms with E-state index in [1.165, 1.54) is 12.1 Å². The van der Waals surface area contributed by atoms with E-state index in [0.29, 0.717) is 0 Å². The molecule has 3 aromatic carbocycles. The third-order valence-electron chi connectivity index (χ3n) is 5.31. The molecular weight excluding hydrogens is 396 g/mol. The Labute approximate surface area is 178 Å². The molecule has 1 aliphatic rings. The van der Waals surface area contributed by atoms with Gasteiger partial charge < -0.3 is 15.6 Å². The van der Waals surface area contributed by atoms with Crippen LogP contribution < -0.4 is 10.6 Å². The number of carboxylic acid groups (broad SMARTS) is 1. The first kappa shape index (κ1) is 20.2. The number of rotatable bonds is 6. The number of fused-ring (bicyclic) bond motifs is 3. The van der Waals surface area contributed by atoms with Gasteiger partial charge in [0, 0.05) is 5.92 Å². The highest BCUT2D eigenvalue weighted by molar-refractivity contribution is 6.04. The molecule has 2 amide bonds. The molecule has 0 radical (unpaired) electrons.